The van der Waals surface area contributed by atoms with Crippen molar-refractivity contribution in [2.75, 3.05) is 46.4 Å². The van der Waals surface area contributed by atoms with Gasteiger partial charge in [0.1, 0.15) is 18.9 Å². The zero-order chi connectivity index (χ0) is 33.7. The van der Waals surface area contributed by atoms with Gasteiger partial charge in [-0.05, 0) is 42.3 Å². The molecule has 5 rings (SSSR count). The molecule has 1 fully saturated rings. The van der Waals surface area contributed by atoms with Crippen molar-refractivity contribution in [1.29, 1.82) is 0 Å². The van der Waals surface area contributed by atoms with E-state index in [1.807, 2.05) is 67.6 Å². The van der Waals surface area contributed by atoms with Gasteiger partial charge in [0.25, 0.3) is 0 Å². The minimum atomic E-state index is -0.625. The van der Waals surface area contributed by atoms with Crippen LogP contribution < -0.4 is 5.32 Å². The number of carbonyl (C=O) groups excluding carboxylic acids is 3. The van der Waals surface area contributed by atoms with Crippen LogP contribution in [0, 0.1) is 6.92 Å². The predicted molar refractivity (Wildman–Crippen MR) is 179 cm³/mol. The number of pyridine rings is 2. The molecule has 4 aromatic rings. The van der Waals surface area contributed by atoms with Gasteiger partial charge in [0.15, 0.2) is 0 Å². The van der Waals surface area contributed by atoms with Crippen LogP contribution in [0.15, 0.2) is 84.9 Å². The third-order valence-corrected chi connectivity index (χ3v) is 7.89. The third-order valence-electron chi connectivity index (χ3n) is 7.89. The number of hydrogen-bond acceptors (Lipinski definition) is 11. The van der Waals surface area contributed by atoms with Crippen LogP contribution in [0.25, 0.3) is 0 Å². The molecule has 1 N–H and O–H groups in total. The molecule has 0 bridgehead atoms. The van der Waals surface area contributed by atoms with E-state index in [0.717, 1.165) is 55.2 Å². The number of nitrogens with one attached hydrogen (secondary N) is 1. The van der Waals surface area contributed by atoms with Gasteiger partial charge in [0.05, 0.1) is 29.6 Å². The number of methoxy groups -OCH3 is 1. The highest BCUT2D eigenvalue weighted by atomic mass is 16.5. The van der Waals surface area contributed by atoms with Crippen molar-refractivity contribution in [1.82, 2.24) is 25.1 Å². The fourth-order valence-electron chi connectivity index (χ4n) is 5.42. The van der Waals surface area contributed by atoms with Gasteiger partial charge in [-0.2, -0.15) is 0 Å². The highest BCUT2D eigenvalue weighted by molar-refractivity contribution is 5.94. The summed E-state index contributed by atoms with van der Waals surface area (Å²) in [6, 6.07) is 25.6. The maximum atomic E-state index is 13.0. The number of rotatable bonds is 11. The fraction of sp³-hybridized carbons (Fsp3) is 0.324. The Labute approximate surface area is 280 Å². The summed E-state index contributed by atoms with van der Waals surface area (Å²) in [4.78, 5) is 52.1. The third kappa shape index (κ3) is 10.3. The van der Waals surface area contributed by atoms with Crippen molar-refractivity contribution in [2.45, 2.75) is 33.2 Å². The van der Waals surface area contributed by atoms with Crippen LogP contribution in [0.3, 0.4) is 0 Å². The first-order valence-electron chi connectivity index (χ1n) is 16.0. The molecule has 11 heteroatoms. The number of benzene rings is 2. The zero-order valence-corrected chi connectivity index (χ0v) is 27.4. The van der Waals surface area contributed by atoms with Crippen molar-refractivity contribution in [3.8, 4) is 0 Å². The monoisotopic (exact) mass is 651 g/mol. The van der Waals surface area contributed by atoms with Gasteiger partial charge in [-0.25, -0.2) is 19.4 Å². The molecule has 1 aliphatic rings. The summed E-state index contributed by atoms with van der Waals surface area (Å²) < 4.78 is 16.0. The largest absolute Gasteiger partial charge is 0.464 e. The maximum absolute atomic E-state index is 13.0. The lowest BCUT2D eigenvalue weighted by Crippen LogP contribution is -2.36. The molecule has 0 atom stereocenters. The summed E-state index contributed by atoms with van der Waals surface area (Å²) in [5.74, 6) is -1.55. The van der Waals surface area contributed by atoms with Crippen LogP contribution in [-0.2, 0) is 40.5 Å². The van der Waals surface area contributed by atoms with E-state index in [4.69, 9.17) is 19.2 Å². The topological polar surface area (TPSA) is 123 Å². The summed E-state index contributed by atoms with van der Waals surface area (Å²) >= 11 is 0. The molecule has 1 aliphatic heterocycles. The number of hydrogen-bond donors (Lipinski definition) is 1. The lowest BCUT2D eigenvalue weighted by Gasteiger charge is -2.25. The Morgan fingerprint density at radius 1 is 0.667 bits per heavy atom. The zero-order valence-electron chi connectivity index (χ0n) is 27.4. The number of carbonyl (C=O) groups is 3. The SMILES string of the molecule is COC(=O)c1cc(C(=O)OCc2ccccc2)cc(CN2CCNCCN(Cc3cc(C(=O)OCc4ccccc4)cc(C)n3)CC2)n1. The Morgan fingerprint density at radius 3 is 1.69 bits per heavy atom. The first kappa shape index (κ1) is 34.4. The van der Waals surface area contributed by atoms with Crippen LogP contribution in [0.4, 0.5) is 0 Å². The van der Waals surface area contributed by atoms with Crippen LogP contribution in [-0.4, -0.2) is 84.1 Å². The van der Waals surface area contributed by atoms with Gasteiger partial charge < -0.3 is 19.5 Å². The number of esters is 3. The Kier molecular flexibility index (Phi) is 12.4. The van der Waals surface area contributed by atoms with Crippen LogP contribution in [0.5, 0.6) is 0 Å². The molecule has 0 saturated carbocycles. The van der Waals surface area contributed by atoms with Crippen molar-refractivity contribution in [3.05, 3.63) is 130 Å². The number of aryl methyl sites for hydroxylation is 1. The van der Waals surface area contributed by atoms with Gasteiger partial charge in [-0.1, -0.05) is 60.7 Å². The predicted octanol–water partition coefficient (Wildman–Crippen LogP) is 4.19. The fourth-order valence-corrected chi connectivity index (χ4v) is 5.42. The van der Waals surface area contributed by atoms with Crippen molar-refractivity contribution in [2.24, 2.45) is 0 Å². The summed E-state index contributed by atoms with van der Waals surface area (Å²) in [6.45, 7) is 7.70. The number of aromatic nitrogens is 2. The average Bonchev–Trinajstić information content (AvgIpc) is 3.21. The maximum Gasteiger partial charge on any atom is 0.356 e. The molecule has 0 unspecified atom stereocenters. The Morgan fingerprint density at radius 2 is 1.17 bits per heavy atom. The lowest BCUT2D eigenvalue weighted by molar-refractivity contribution is 0.0463. The van der Waals surface area contributed by atoms with E-state index >= 15 is 0 Å². The second-order valence-electron chi connectivity index (χ2n) is 11.6. The van der Waals surface area contributed by atoms with Gasteiger partial charge in [-0.3, -0.25) is 14.8 Å². The van der Waals surface area contributed by atoms with Gasteiger partial charge in [-0.15, -0.1) is 0 Å². The van der Waals surface area contributed by atoms with E-state index in [-0.39, 0.29) is 30.4 Å². The first-order valence-corrected chi connectivity index (χ1v) is 16.0. The van der Waals surface area contributed by atoms with E-state index in [1.54, 1.807) is 18.2 Å². The average molecular weight is 652 g/mol. The van der Waals surface area contributed by atoms with Crippen molar-refractivity contribution >= 4 is 17.9 Å². The quantitative estimate of drug-likeness (QED) is 0.186. The van der Waals surface area contributed by atoms with E-state index < -0.39 is 11.9 Å². The standard InChI is InChI=1S/C37H41N5O6/c1-27-19-30(35(43)47-25-28-9-5-3-6-10-28)20-32(39-27)23-41-15-13-38-14-16-42(18-17-41)24-33-21-31(22-34(40-33)37(45)46-2)36(44)48-26-29-11-7-4-8-12-29/h3-12,19-22,38H,13-18,23-26H2,1-2H3. The van der Waals surface area contributed by atoms with Crippen LogP contribution in [0.2, 0.25) is 0 Å². The molecular weight excluding hydrogens is 610 g/mol. The molecule has 0 radical (unpaired) electrons. The van der Waals surface area contributed by atoms with E-state index in [2.05, 4.69) is 20.1 Å². The molecule has 0 amide bonds. The molecule has 2 aromatic heterocycles. The molecule has 48 heavy (non-hydrogen) atoms. The lowest BCUT2D eigenvalue weighted by atomic mass is 10.1. The van der Waals surface area contributed by atoms with Gasteiger partial charge in [0.2, 0.25) is 0 Å². The molecular formula is C37H41N5O6. The second kappa shape index (κ2) is 17.3. The minimum absolute atomic E-state index is 0.0503. The minimum Gasteiger partial charge on any atom is -0.464 e. The summed E-state index contributed by atoms with van der Waals surface area (Å²) in [5.41, 5.74) is 4.66. The molecule has 0 spiro atoms. The number of nitrogens with zero attached hydrogens (tertiary/aromatic N) is 4. The van der Waals surface area contributed by atoms with E-state index in [1.165, 1.54) is 13.2 Å². The van der Waals surface area contributed by atoms with Crippen LogP contribution in [0.1, 0.15) is 59.4 Å². The normalized spacial score (nSPS) is 14.3. The van der Waals surface area contributed by atoms with Crippen molar-refractivity contribution in [3.63, 3.8) is 0 Å². The summed E-state index contributed by atoms with van der Waals surface area (Å²) in [5, 5.41) is 3.49. The second-order valence-corrected chi connectivity index (χ2v) is 11.6. The molecule has 1 saturated heterocycles. The van der Waals surface area contributed by atoms with Crippen molar-refractivity contribution < 1.29 is 28.6 Å². The smallest absolute Gasteiger partial charge is 0.356 e. The molecule has 3 heterocycles. The van der Waals surface area contributed by atoms with Gasteiger partial charge in [0, 0.05) is 58.1 Å². The highest BCUT2D eigenvalue weighted by Crippen LogP contribution is 2.15. The Hall–Kier alpha value is -4.97. The van der Waals surface area contributed by atoms with E-state index in [9.17, 15) is 14.4 Å². The van der Waals surface area contributed by atoms with Crippen LogP contribution >= 0.6 is 0 Å². The number of ether oxygens (including phenoxy) is 3. The Balaban J connectivity index is 1.24. The molecule has 11 nitrogen and oxygen atoms in total. The summed E-state index contributed by atoms with van der Waals surface area (Å²) in [7, 11) is 1.28. The first-order chi connectivity index (χ1) is 23.4. The summed E-state index contributed by atoms with van der Waals surface area (Å²) in [6.07, 6.45) is 0. The molecule has 250 valence electrons. The molecule has 2 aromatic carbocycles. The van der Waals surface area contributed by atoms with Gasteiger partial charge >= 0.3 is 17.9 Å². The Bertz CT molecular complexity index is 1680. The highest BCUT2D eigenvalue weighted by Gasteiger charge is 2.20. The van der Waals surface area contributed by atoms with E-state index in [0.29, 0.717) is 30.9 Å². The molecule has 0 aliphatic carbocycles.